The molecule has 108 valence electrons. The molecule has 0 aliphatic heterocycles. The van der Waals surface area contributed by atoms with E-state index in [0.717, 1.165) is 18.0 Å². The number of nitrogen functional groups attached to an aromatic ring is 1. The third-order valence-corrected chi connectivity index (χ3v) is 3.37. The summed E-state index contributed by atoms with van der Waals surface area (Å²) in [4.78, 5) is 2.36. The number of hydrogen-bond acceptors (Lipinski definition) is 3. The summed E-state index contributed by atoms with van der Waals surface area (Å²) in [6, 6.07) is 6.43. The molecule has 1 rings (SSSR count). The van der Waals surface area contributed by atoms with Gasteiger partial charge >= 0.3 is 0 Å². The predicted molar refractivity (Wildman–Crippen MR) is 82.4 cm³/mol. The fourth-order valence-electron chi connectivity index (χ4n) is 2.31. The first-order valence-corrected chi connectivity index (χ1v) is 7.15. The molecule has 0 aliphatic rings. The number of benzene rings is 1. The van der Waals surface area contributed by atoms with Crippen LogP contribution in [0.1, 0.15) is 39.7 Å². The summed E-state index contributed by atoms with van der Waals surface area (Å²) in [6.45, 7) is 10.3. The molecule has 19 heavy (non-hydrogen) atoms. The maximum absolute atomic E-state index is 5.88. The normalized spacial score (nSPS) is 13.0. The lowest BCUT2D eigenvalue weighted by atomic mass is 10.0. The molecule has 1 atom stereocenters. The summed E-state index contributed by atoms with van der Waals surface area (Å²) in [7, 11) is 2.16. The molecule has 1 unspecified atom stereocenters. The van der Waals surface area contributed by atoms with Crippen molar-refractivity contribution in [2.75, 3.05) is 19.4 Å². The van der Waals surface area contributed by atoms with Gasteiger partial charge in [0, 0.05) is 23.8 Å². The van der Waals surface area contributed by atoms with Crippen LogP contribution in [0, 0.1) is 5.92 Å². The zero-order chi connectivity index (χ0) is 14.4. The Balaban J connectivity index is 2.76. The van der Waals surface area contributed by atoms with E-state index in [4.69, 9.17) is 10.5 Å². The summed E-state index contributed by atoms with van der Waals surface area (Å²) in [5.41, 5.74) is 7.84. The maximum atomic E-state index is 5.88. The van der Waals surface area contributed by atoms with Gasteiger partial charge < -0.3 is 10.5 Å². The van der Waals surface area contributed by atoms with Crippen LogP contribution in [0.2, 0.25) is 0 Å². The van der Waals surface area contributed by atoms with Crippen molar-refractivity contribution < 1.29 is 4.74 Å². The number of anilines is 1. The van der Waals surface area contributed by atoms with Gasteiger partial charge in [-0.1, -0.05) is 13.8 Å². The standard InChI is InChI=1S/C16H28N2O/c1-6-19-16-8-7-15(17)10-14(16)11-18(5)13(4)9-12(2)3/h7-8,10,12-13H,6,9,11,17H2,1-5H3. The Labute approximate surface area is 117 Å². The molecule has 0 saturated carbocycles. The maximum Gasteiger partial charge on any atom is 0.123 e. The van der Waals surface area contributed by atoms with Gasteiger partial charge in [0.15, 0.2) is 0 Å². The summed E-state index contributed by atoms with van der Waals surface area (Å²) in [6.07, 6.45) is 1.20. The summed E-state index contributed by atoms with van der Waals surface area (Å²) < 4.78 is 5.67. The van der Waals surface area contributed by atoms with Gasteiger partial charge in [0.25, 0.3) is 0 Å². The van der Waals surface area contributed by atoms with Crippen LogP contribution in [-0.4, -0.2) is 24.6 Å². The largest absolute Gasteiger partial charge is 0.494 e. The van der Waals surface area contributed by atoms with Gasteiger partial charge in [0.05, 0.1) is 6.61 Å². The van der Waals surface area contributed by atoms with Gasteiger partial charge in [0.1, 0.15) is 5.75 Å². The topological polar surface area (TPSA) is 38.5 Å². The summed E-state index contributed by atoms with van der Waals surface area (Å²) in [5.74, 6) is 1.66. The molecule has 0 amide bonds. The van der Waals surface area contributed by atoms with Crippen molar-refractivity contribution in [1.29, 1.82) is 0 Å². The van der Waals surface area contributed by atoms with Crippen LogP contribution in [-0.2, 0) is 6.54 Å². The first kappa shape index (κ1) is 15.8. The van der Waals surface area contributed by atoms with Crippen molar-refractivity contribution in [3.05, 3.63) is 23.8 Å². The minimum atomic E-state index is 0.552. The molecule has 0 fully saturated rings. The number of nitrogens with zero attached hydrogens (tertiary/aromatic N) is 1. The molecule has 2 N–H and O–H groups in total. The molecule has 3 nitrogen and oxygen atoms in total. The van der Waals surface area contributed by atoms with E-state index in [1.165, 1.54) is 12.0 Å². The lowest BCUT2D eigenvalue weighted by Crippen LogP contribution is -2.30. The molecular formula is C16H28N2O. The Hall–Kier alpha value is -1.22. The third kappa shape index (κ3) is 5.11. The van der Waals surface area contributed by atoms with E-state index in [1.54, 1.807) is 0 Å². The van der Waals surface area contributed by atoms with Gasteiger partial charge in [-0.25, -0.2) is 0 Å². The Kier molecular flexibility index (Phi) is 6.16. The first-order chi connectivity index (χ1) is 8.93. The van der Waals surface area contributed by atoms with Crippen LogP contribution >= 0.6 is 0 Å². The van der Waals surface area contributed by atoms with Gasteiger partial charge in [-0.15, -0.1) is 0 Å². The molecule has 0 aliphatic carbocycles. The highest BCUT2D eigenvalue weighted by Crippen LogP contribution is 2.24. The predicted octanol–water partition coefficient (Wildman–Crippen LogP) is 3.53. The van der Waals surface area contributed by atoms with E-state index in [9.17, 15) is 0 Å². The molecular weight excluding hydrogens is 236 g/mol. The highest BCUT2D eigenvalue weighted by molar-refractivity contribution is 5.47. The van der Waals surface area contributed by atoms with Crippen LogP contribution in [0.5, 0.6) is 5.75 Å². The van der Waals surface area contributed by atoms with Gasteiger partial charge in [0.2, 0.25) is 0 Å². The SMILES string of the molecule is CCOc1ccc(N)cc1CN(C)C(C)CC(C)C. The number of hydrogen-bond donors (Lipinski definition) is 1. The average Bonchev–Trinajstić information content (AvgIpc) is 2.32. The highest BCUT2D eigenvalue weighted by atomic mass is 16.5. The second kappa shape index (κ2) is 7.39. The van der Waals surface area contributed by atoms with E-state index < -0.39 is 0 Å². The molecule has 1 aromatic rings. The smallest absolute Gasteiger partial charge is 0.123 e. The van der Waals surface area contributed by atoms with Crippen molar-refractivity contribution in [3.8, 4) is 5.75 Å². The zero-order valence-electron chi connectivity index (χ0n) is 12.9. The number of nitrogens with two attached hydrogens (primary N) is 1. The summed E-state index contributed by atoms with van der Waals surface area (Å²) in [5, 5.41) is 0. The lowest BCUT2D eigenvalue weighted by molar-refractivity contribution is 0.216. The fraction of sp³-hybridized carbons (Fsp3) is 0.625. The van der Waals surface area contributed by atoms with Crippen LogP contribution in [0.3, 0.4) is 0 Å². The van der Waals surface area contributed by atoms with Crippen molar-refractivity contribution in [2.24, 2.45) is 5.92 Å². The number of ether oxygens (including phenoxy) is 1. The van der Waals surface area contributed by atoms with Crippen LogP contribution in [0.15, 0.2) is 18.2 Å². The van der Waals surface area contributed by atoms with Gasteiger partial charge in [-0.3, -0.25) is 4.90 Å². The quantitative estimate of drug-likeness (QED) is 0.766. The first-order valence-electron chi connectivity index (χ1n) is 7.15. The van der Waals surface area contributed by atoms with Gasteiger partial charge in [-0.2, -0.15) is 0 Å². The fourth-order valence-corrected chi connectivity index (χ4v) is 2.31. The minimum absolute atomic E-state index is 0.552. The average molecular weight is 264 g/mol. The zero-order valence-corrected chi connectivity index (χ0v) is 12.9. The van der Waals surface area contributed by atoms with Crippen LogP contribution in [0.25, 0.3) is 0 Å². The van der Waals surface area contributed by atoms with Crippen molar-refractivity contribution in [1.82, 2.24) is 4.90 Å². The Morgan fingerprint density at radius 1 is 1.26 bits per heavy atom. The minimum Gasteiger partial charge on any atom is -0.494 e. The lowest BCUT2D eigenvalue weighted by Gasteiger charge is -2.27. The Morgan fingerprint density at radius 3 is 2.53 bits per heavy atom. The third-order valence-electron chi connectivity index (χ3n) is 3.37. The molecule has 0 aromatic heterocycles. The number of rotatable bonds is 7. The van der Waals surface area contributed by atoms with Crippen molar-refractivity contribution in [3.63, 3.8) is 0 Å². The van der Waals surface area contributed by atoms with E-state index in [1.807, 2.05) is 25.1 Å². The molecule has 0 heterocycles. The van der Waals surface area contributed by atoms with E-state index in [2.05, 4.69) is 32.7 Å². The Morgan fingerprint density at radius 2 is 1.95 bits per heavy atom. The van der Waals surface area contributed by atoms with E-state index in [-0.39, 0.29) is 0 Å². The summed E-state index contributed by atoms with van der Waals surface area (Å²) >= 11 is 0. The molecule has 0 bridgehead atoms. The highest BCUT2D eigenvalue weighted by Gasteiger charge is 2.14. The van der Waals surface area contributed by atoms with Crippen molar-refractivity contribution >= 4 is 5.69 Å². The molecule has 1 aromatic carbocycles. The molecule has 3 heteroatoms. The molecule has 0 saturated heterocycles. The second-order valence-electron chi connectivity index (χ2n) is 5.69. The van der Waals surface area contributed by atoms with Crippen molar-refractivity contribution in [2.45, 2.75) is 46.7 Å². The monoisotopic (exact) mass is 264 g/mol. The van der Waals surface area contributed by atoms with Crippen LogP contribution < -0.4 is 10.5 Å². The molecule has 0 radical (unpaired) electrons. The molecule has 0 spiro atoms. The van der Waals surface area contributed by atoms with Gasteiger partial charge in [-0.05, 0) is 51.4 Å². The Bertz CT molecular complexity index is 390. The van der Waals surface area contributed by atoms with E-state index >= 15 is 0 Å². The van der Waals surface area contributed by atoms with E-state index in [0.29, 0.717) is 18.6 Å². The van der Waals surface area contributed by atoms with Crippen LogP contribution in [0.4, 0.5) is 5.69 Å². The second-order valence-corrected chi connectivity index (χ2v) is 5.69.